The van der Waals surface area contributed by atoms with Gasteiger partial charge in [0.05, 0.1) is 13.0 Å². The van der Waals surface area contributed by atoms with Gasteiger partial charge in [0, 0.05) is 31.7 Å². The van der Waals surface area contributed by atoms with E-state index in [1.807, 2.05) is 49.5 Å². The SMILES string of the molecule is CN(Cc1ccccc1)C(=O)C[C@@]1(COc2ccc(Cl)cc2)CNCCO1. The molecule has 0 unspecified atom stereocenters. The maximum absolute atomic E-state index is 12.8. The first kappa shape index (κ1) is 19.7. The van der Waals surface area contributed by atoms with Crippen molar-refractivity contribution >= 4 is 17.5 Å². The first-order valence-electron chi connectivity index (χ1n) is 9.07. The van der Waals surface area contributed by atoms with Crippen LogP contribution in [-0.4, -0.2) is 49.8 Å². The fourth-order valence-corrected chi connectivity index (χ4v) is 3.19. The van der Waals surface area contributed by atoms with Crippen LogP contribution in [0.15, 0.2) is 54.6 Å². The normalized spacial score (nSPS) is 19.5. The summed E-state index contributed by atoms with van der Waals surface area (Å²) in [5.74, 6) is 0.736. The van der Waals surface area contributed by atoms with Gasteiger partial charge in [0.25, 0.3) is 0 Å². The van der Waals surface area contributed by atoms with Crippen molar-refractivity contribution in [2.24, 2.45) is 0 Å². The first-order chi connectivity index (χ1) is 13.1. The lowest BCUT2D eigenvalue weighted by Gasteiger charge is -2.37. The minimum absolute atomic E-state index is 0.0299. The highest BCUT2D eigenvalue weighted by Crippen LogP contribution is 2.23. The first-order valence-corrected chi connectivity index (χ1v) is 9.45. The van der Waals surface area contributed by atoms with Crippen LogP contribution in [0.2, 0.25) is 5.02 Å². The molecule has 27 heavy (non-hydrogen) atoms. The van der Waals surface area contributed by atoms with E-state index >= 15 is 0 Å². The van der Waals surface area contributed by atoms with Crippen LogP contribution >= 0.6 is 11.6 Å². The lowest BCUT2D eigenvalue weighted by molar-refractivity contribution is -0.144. The van der Waals surface area contributed by atoms with Crippen molar-refractivity contribution < 1.29 is 14.3 Å². The van der Waals surface area contributed by atoms with E-state index in [0.717, 1.165) is 12.1 Å². The number of carbonyl (C=O) groups is 1. The number of hydrogen-bond donors (Lipinski definition) is 1. The average molecular weight is 389 g/mol. The van der Waals surface area contributed by atoms with Gasteiger partial charge >= 0.3 is 0 Å². The molecule has 1 aliphatic heterocycles. The summed E-state index contributed by atoms with van der Waals surface area (Å²) in [6.07, 6.45) is 0.261. The van der Waals surface area contributed by atoms with Crippen molar-refractivity contribution in [2.75, 3.05) is 33.4 Å². The highest BCUT2D eigenvalue weighted by atomic mass is 35.5. The van der Waals surface area contributed by atoms with E-state index in [0.29, 0.717) is 37.1 Å². The van der Waals surface area contributed by atoms with Crippen LogP contribution in [0.3, 0.4) is 0 Å². The number of amides is 1. The Morgan fingerprint density at radius 3 is 2.63 bits per heavy atom. The molecular formula is C21H25ClN2O3. The zero-order chi connectivity index (χ0) is 19.1. The number of rotatable bonds is 7. The number of ether oxygens (including phenoxy) is 2. The van der Waals surface area contributed by atoms with Gasteiger partial charge in [-0.15, -0.1) is 0 Å². The molecule has 1 N–H and O–H groups in total. The molecule has 0 aliphatic carbocycles. The largest absolute Gasteiger partial charge is 0.491 e. The molecule has 0 saturated carbocycles. The lowest BCUT2D eigenvalue weighted by Crippen LogP contribution is -2.55. The number of benzene rings is 2. The molecule has 1 heterocycles. The summed E-state index contributed by atoms with van der Waals surface area (Å²) in [5, 5.41) is 3.98. The summed E-state index contributed by atoms with van der Waals surface area (Å²) >= 11 is 5.92. The molecule has 6 heteroatoms. The van der Waals surface area contributed by atoms with Crippen LogP contribution in [0, 0.1) is 0 Å². The third-order valence-corrected chi connectivity index (χ3v) is 4.86. The fourth-order valence-electron chi connectivity index (χ4n) is 3.07. The third kappa shape index (κ3) is 5.70. The van der Waals surface area contributed by atoms with Gasteiger partial charge in [0.2, 0.25) is 5.91 Å². The average Bonchev–Trinajstić information content (AvgIpc) is 2.69. The quantitative estimate of drug-likeness (QED) is 0.791. The highest BCUT2D eigenvalue weighted by Gasteiger charge is 2.37. The van der Waals surface area contributed by atoms with Gasteiger partial charge in [-0.25, -0.2) is 0 Å². The summed E-state index contributed by atoms with van der Waals surface area (Å²) in [5.41, 5.74) is 0.419. The maximum Gasteiger partial charge on any atom is 0.225 e. The Hall–Kier alpha value is -2.08. The molecule has 2 aromatic carbocycles. The summed E-state index contributed by atoms with van der Waals surface area (Å²) in [6, 6.07) is 17.1. The van der Waals surface area contributed by atoms with Gasteiger partial charge < -0.3 is 19.7 Å². The van der Waals surface area contributed by atoms with Gasteiger partial charge in [-0.05, 0) is 29.8 Å². The Labute approximate surface area is 165 Å². The van der Waals surface area contributed by atoms with Crippen LogP contribution in [0.25, 0.3) is 0 Å². The Kier molecular flexibility index (Phi) is 6.72. The van der Waals surface area contributed by atoms with Gasteiger partial charge in [0.15, 0.2) is 0 Å². The Morgan fingerprint density at radius 1 is 1.22 bits per heavy atom. The standard InChI is InChI=1S/C21H25ClN2O3/c1-24(14-17-5-3-2-4-6-17)20(25)13-21(15-23-11-12-27-21)16-26-19-9-7-18(22)8-10-19/h2-10,23H,11-16H2,1H3/t21-/m0/s1. The van der Waals surface area contributed by atoms with Crippen molar-refractivity contribution in [1.82, 2.24) is 10.2 Å². The molecule has 1 atom stereocenters. The third-order valence-electron chi connectivity index (χ3n) is 4.61. The maximum atomic E-state index is 12.8. The van der Waals surface area contributed by atoms with Crippen LogP contribution in [-0.2, 0) is 16.1 Å². The van der Waals surface area contributed by atoms with Crippen molar-refractivity contribution in [3.8, 4) is 5.75 Å². The second kappa shape index (κ2) is 9.22. The van der Waals surface area contributed by atoms with Crippen LogP contribution in [0.5, 0.6) is 5.75 Å². The van der Waals surface area contributed by atoms with Crippen molar-refractivity contribution in [2.45, 2.75) is 18.6 Å². The van der Waals surface area contributed by atoms with E-state index < -0.39 is 5.60 Å². The fraction of sp³-hybridized carbons (Fsp3) is 0.381. The topological polar surface area (TPSA) is 50.8 Å². The Morgan fingerprint density at radius 2 is 1.96 bits per heavy atom. The van der Waals surface area contributed by atoms with E-state index in [2.05, 4.69) is 5.32 Å². The van der Waals surface area contributed by atoms with Crippen LogP contribution in [0.1, 0.15) is 12.0 Å². The van der Waals surface area contributed by atoms with Gasteiger partial charge in [-0.3, -0.25) is 4.79 Å². The molecule has 3 rings (SSSR count). The molecule has 0 radical (unpaired) electrons. The summed E-state index contributed by atoms with van der Waals surface area (Å²) in [7, 11) is 1.82. The molecule has 0 aromatic heterocycles. The van der Waals surface area contributed by atoms with E-state index in [-0.39, 0.29) is 12.3 Å². The lowest BCUT2D eigenvalue weighted by atomic mass is 9.98. The van der Waals surface area contributed by atoms with Gasteiger partial charge in [-0.1, -0.05) is 41.9 Å². The number of hydrogen-bond acceptors (Lipinski definition) is 4. The number of morpholine rings is 1. The Bertz CT molecular complexity index is 731. The molecule has 1 fully saturated rings. The highest BCUT2D eigenvalue weighted by molar-refractivity contribution is 6.30. The second-order valence-corrected chi connectivity index (χ2v) is 7.30. The number of carbonyl (C=O) groups excluding carboxylic acids is 1. The summed E-state index contributed by atoms with van der Waals surface area (Å²) in [4.78, 5) is 14.6. The van der Waals surface area contributed by atoms with Crippen molar-refractivity contribution in [1.29, 1.82) is 0 Å². The minimum atomic E-state index is -0.681. The minimum Gasteiger partial charge on any atom is -0.491 e. The number of nitrogens with one attached hydrogen (secondary N) is 1. The number of nitrogens with zero attached hydrogens (tertiary/aromatic N) is 1. The smallest absolute Gasteiger partial charge is 0.225 e. The predicted octanol–water partition coefficient (Wildman–Crippen LogP) is 3.13. The molecule has 0 spiro atoms. The van der Waals surface area contributed by atoms with E-state index in [1.54, 1.807) is 17.0 Å². The summed E-state index contributed by atoms with van der Waals surface area (Å²) < 4.78 is 11.9. The molecule has 1 saturated heterocycles. The zero-order valence-electron chi connectivity index (χ0n) is 15.5. The van der Waals surface area contributed by atoms with Gasteiger partial charge in [-0.2, -0.15) is 0 Å². The second-order valence-electron chi connectivity index (χ2n) is 6.86. The van der Waals surface area contributed by atoms with Crippen molar-refractivity contribution in [3.63, 3.8) is 0 Å². The molecule has 1 amide bonds. The zero-order valence-corrected chi connectivity index (χ0v) is 16.2. The van der Waals surface area contributed by atoms with E-state index in [1.165, 1.54) is 0 Å². The van der Waals surface area contributed by atoms with E-state index in [9.17, 15) is 4.79 Å². The summed E-state index contributed by atoms with van der Waals surface area (Å²) in [6.45, 7) is 2.77. The molecule has 144 valence electrons. The Balaban J connectivity index is 1.62. The molecular weight excluding hydrogens is 364 g/mol. The van der Waals surface area contributed by atoms with Crippen LogP contribution < -0.4 is 10.1 Å². The van der Waals surface area contributed by atoms with Crippen LogP contribution in [0.4, 0.5) is 0 Å². The molecule has 0 bridgehead atoms. The molecule has 2 aromatic rings. The monoisotopic (exact) mass is 388 g/mol. The van der Waals surface area contributed by atoms with E-state index in [4.69, 9.17) is 21.1 Å². The molecule has 5 nitrogen and oxygen atoms in total. The number of halogens is 1. The van der Waals surface area contributed by atoms with Gasteiger partial charge in [0.1, 0.15) is 18.0 Å². The molecule has 1 aliphatic rings. The van der Waals surface area contributed by atoms with Crippen molar-refractivity contribution in [3.05, 3.63) is 65.2 Å². The predicted molar refractivity (Wildman–Crippen MR) is 106 cm³/mol.